The van der Waals surface area contributed by atoms with Crippen LogP contribution in [0.4, 0.5) is 0 Å². The molecule has 0 saturated carbocycles. The molecular weight excluding hydrogens is 208 g/mol. The third-order valence-electron chi connectivity index (χ3n) is 1.95. The van der Waals surface area contributed by atoms with Crippen LogP contribution in [-0.2, 0) is 5.41 Å². The van der Waals surface area contributed by atoms with Crippen LogP contribution >= 0.6 is 0 Å². The first-order chi connectivity index (χ1) is 7.34. The Morgan fingerprint density at radius 3 is 2.50 bits per heavy atom. The normalized spacial score (nSPS) is 11.2. The first-order valence-corrected chi connectivity index (χ1v) is 5.10. The van der Waals surface area contributed by atoms with E-state index >= 15 is 0 Å². The summed E-state index contributed by atoms with van der Waals surface area (Å²) in [7, 11) is 0. The molecule has 88 valence electrons. The molecule has 1 N–H and O–H groups in total. The molecule has 5 nitrogen and oxygen atoms in total. The first kappa shape index (κ1) is 12.4. The highest BCUT2D eigenvalue weighted by Gasteiger charge is 2.20. The lowest BCUT2D eigenvalue weighted by atomic mass is 9.92. The number of nitrogens with zero attached hydrogens (tertiary/aromatic N) is 2. The minimum atomic E-state index is -1.15. The molecule has 0 aliphatic rings. The Balaban J connectivity index is 3.24. The fraction of sp³-hybridized carbons (Fsp3) is 0.545. The molecule has 1 aromatic heterocycles. The molecule has 0 fully saturated rings. The SMILES string of the molecule is CCOc1cc(C(C)(C)C)nc(C(=O)O)n1. The van der Waals surface area contributed by atoms with Crippen molar-refractivity contribution >= 4 is 5.97 Å². The summed E-state index contributed by atoms with van der Waals surface area (Å²) in [6.45, 7) is 8.13. The fourth-order valence-corrected chi connectivity index (χ4v) is 1.13. The number of carboxylic acids is 1. The first-order valence-electron chi connectivity index (χ1n) is 5.10. The molecule has 0 aliphatic heterocycles. The Bertz CT molecular complexity index is 397. The number of rotatable bonds is 3. The van der Waals surface area contributed by atoms with Gasteiger partial charge >= 0.3 is 5.97 Å². The van der Waals surface area contributed by atoms with Gasteiger partial charge in [-0.05, 0) is 6.92 Å². The van der Waals surface area contributed by atoms with Crippen LogP contribution in [0.15, 0.2) is 6.07 Å². The number of carboxylic acid groups (broad SMARTS) is 1. The molecule has 1 rings (SSSR count). The second kappa shape index (κ2) is 4.47. The zero-order valence-electron chi connectivity index (χ0n) is 9.94. The van der Waals surface area contributed by atoms with E-state index < -0.39 is 5.97 Å². The van der Waals surface area contributed by atoms with Gasteiger partial charge in [-0.1, -0.05) is 20.8 Å². The van der Waals surface area contributed by atoms with Crippen molar-refractivity contribution in [3.05, 3.63) is 17.6 Å². The van der Waals surface area contributed by atoms with Gasteiger partial charge < -0.3 is 9.84 Å². The molecule has 0 atom stereocenters. The molecule has 0 bridgehead atoms. The molecule has 1 aromatic rings. The van der Waals surface area contributed by atoms with Crippen LogP contribution in [0.25, 0.3) is 0 Å². The van der Waals surface area contributed by atoms with Crippen molar-refractivity contribution in [2.24, 2.45) is 0 Å². The molecule has 1 heterocycles. The Hall–Kier alpha value is -1.65. The van der Waals surface area contributed by atoms with E-state index in [9.17, 15) is 4.79 Å². The highest BCUT2D eigenvalue weighted by Crippen LogP contribution is 2.23. The van der Waals surface area contributed by atoms with Crippen molar-refractivity contribution in [1.82, 2.24) is 9.97 Å². The van der Waals surface area contributed by atoms with E-state index in [1.165, 1.54) is 0 Å². The smallest absolute Gasteiger partial charge is 0.374 e. The second-order valence-corrected chi connectivity index (χ2v) is 4.40. The zero-order chi connectivity index (χ0) is 12.3. The topological polar surface area (TPSA) is 72.3 Å². The lowest BCUT2D eigenvalue weighted by molar-refractivity contribution is 0.0681. The lowest BCUT2D eigenvalue weighted by Gasteiger charge is -2.18. The highest BCUT2D eigenvalue weighted by atomic mass is 16.5. The van der Waals surface area contributed by atoms with Crippen LogP contribution < -0.4 is 4.74 Å². The van der Waals surface area contributed by atoms with E-state index in [0.717, 1.165) is 0 Å². The molecular formula is C11H16N2O3. The van der Waals surface area contributed by atoms with Crippen LogP contribution in [0, 0.1) is 0 Å². The average Bonchev–Trinajstić information content (AvgIpc) is 2.16. The predicted octanol–water partition coefficient (Wildman–Crippen LogP) is 1.87. The van der Waals surface area contributed by atoms with Crippen molar-refractivity contribution < 1.29 is 14.6 Å². The van der Waals surface area contributed by atoms with Gasteiger partial charge in [0.25, 0.3) is 0 Å². The molecule has 5 heteroatoms. The van der Waals surface area contributed by atoms with Gasteiger partial charge in [0.2, 0.25) is 11.7 Å². The molecule has 0 saturated heterocycles. The van der Waals surface area contributed by atoms with Gasteiger partial charge in [0.05, 0.1) is 12.3 Å². The summed E-state index contributed by atoms with van der Waals surface area (Å²) in [5.74, 6) is -1.07. The van der Waals surface area contributed by atoms with E-state index in [2.05, 4.69) is 9.97 Å². The van der Waals surface area contributed by atoms with Gasteiger partial charge in [0, 0.05) is 11.5 Å². The van der Waals surface area contributed by atoms with Crippen LogP contribution in [0.1, 0.15) is 44.0 Å². The van der Waals surface area contributed by atoms with E-state index in [-0.39, 0.29) is 11.2 Å². The molecule has 0 aromatic carbocycles. The minimum Gasteiger partial charge on any atom is -0.478 e. The number of ether oxygens (including phenoxy) is 1. The summed E-state index contributed by atoms with van der Waals surface area (Å²) in [6.07, 6.45) is 0. The third-order valence-corrected chi connectivity index (χ3v) is 1.95. The largest absolute Gasteiger partial charge is 0.478 e. The summed E-state index contributed by atoms with van der Waals surface area (Å²) in [4.78, 5) is 18.7. The zero-order valence-corrected chi connectivity index (χ0v) is 9.94. The molecule has 0 unspecified atom stereocenters. The maximum Gasteiger partial charge on any atom is 0.374 e. The Morgan fingerprint density at radius 2 is 2.06 bits per heavy atom. The van der Waals surface area contributed by atoms with Crippen molar-refractivity contribution in [3.8, 4) is 5.88 Å². The Morgan fingerprint density at radius 1 is 1.44 bits per heavy atom. The van der Waals surface area contributed by atoms with E-state index in [1.54, 1.807) is 6.07 Å². The number of aromatic carboxylic acids is 1. The van der Waals surface area contributed by atoms with Crippen LogP contribution in [0.2, 0.25) is 0 Å². The summed E-state index contributed by atoms with van der Waals surface area (Å²) in [5, 5.41) is 8.89. The summed E-state index contributed by atoms with van der Waals surface area (Å²) in [6, 6.07) is 1.68. The predicted molar refractivity (Wildman–Crippen MR) is 58.9 cm³/mol. The van der Waals surface area contributed by atoms with Crippen LogP contribution in [-0.4, -0.2) is 27.7 Å². The van der Waals surface area contributed by atoms with Crippen molar-refractivity contribution in [2.45, 2.75) is 33.1 Å². The lowest BCUT2D eigenvalue weighted by Crippen LogP contribution is -2.18. The standard InChI is InChI=1S/C11H16N2O3/c1-5-16-8-6-7(11(2,3)4)12-9(13-8)10(14)15/h6H,5H2,1-4H3,(H,14,15). The van der Waals surface area contributed by atoms with Crippen molar-refractivity contribution in [2.75, 3.05) is 6.61 Å². The average molecular weight is 224 g/mol. The van der Waals surface area contributed by atoms with Gasteiger partial charge in [-0.3, -0.25) is 0 Å². The van der Waals surface area contributed by atoms with Crippen LogP contribution in [0.3, 0.4) is 0 Å². The second-order valence-electron chi connectivity index (χ2n) is 4.40. The number of carbonyl (C=O) groups is 1. The molecule has 0 amide bonds. The van der Waals surface area contributed by atoms with Crippen LogP contribution in [0.5, 0.6) is 5.88 Å². The summed E-state index contributed by atoms with van der Waals surface area (Å²) < 4.78 is 5.22. The minimum absolute atomic E-state index is 0.226. The quantitative estimate of drug-likeness (QED) is 0.848. The van der Waals surface area contributed by atoms with Gasteiger partial charge in [-0.2, -0.15) is 4.98 Å². The van der Waals surface area contributed by atoms with Crippen molar-refractivity contribution in [3.63, 3.8) is 0 Å². The van der Waals surface area contributed by atoms with Gasteiger partial charge in [-0.15, -0.1) is 0 Å². The monoisotopic (exact) mass is 224 g/mol. The van der Waals surface area contributed by atoms with E-state index in [4.69, 9.17) is 9.84 Å². The summed E-state index contributed by atoms with van der Waals surface area (Å²) in [5.41, 5.74) is 0.419. The Kier molecular flexibility index (Phi) is 3.47. The van der Waals surface area contributed by atoms with Gasteiger partial charge in [-0.25, -0.2) is 9.78 Å². The number of aromatic nitrogens is 2. The summed E-state index contributed by atoms with van der Waals surface area (Å²) >= 11 is 0. The fourth-order valence-electron chi connectivity index (χ4n) is 1.13. The maximum atomic E-state index is 10.9. The Labute approximate surface area is 94.5 Å². The molecule has 0 spiro atoms. The van der Waals surface area contributed by atoms with Gasteiger partial charge in [0.1, 0.15) is 0 Å². The van der Waals surface area contributed by atoms with Crippen molar-refractivity contribution in [1.29, 1.82) is 0 Å². The number of hydrogen-bond acceptors (Lipinski definition) is 4. The number of hydrogen-bond donors (Lipinski definition) is 1. The molecule has 0 radical (unpaired) electrons. The van der Waals surface area contributed by atoms with Gasteiger partial charge in [0.15, 0.2) is 0 Å². The maximum absolute atomic E-state index is 10.9. The highest BCUT2D eigenvalue weighted by molar-refractivity contribution is 5.83. The van der Waals surface area contributed by atoms with E-state index in [0.29, 0.717) is 18.2 Å². The van der Waals surface area contributed by atoms with E-state index in [1.807, 2.05) is 27.7 Å². The molecule has 0 aliphatic carbocycles. The molecule has 16 heavy (non-hydrogen) atoms. The third kappa shape index (κ3) is 2.92.